The third-order valence-electron chi connectivity index (χ3n) is 2.40. The number of hydrogen-bond acceptors (Lipinski definition) is 5. The molecular weight excluding hydrogens is 264 g/mol. The van der Waals surface area contributed by atoms with Gasteiger partial charge >= 0.3 is 0 Å². The van der Waals surface area contributed by atoms with Gasteiger partial charge in [0.1, 0.15) is 5.52 Å². The molecule has 1 heterocycles. The second-order valence-corrected chi connectivity index (χ2v) is 4.53. The number of rotatable bonds is 2. The Kier molecular flexibility index (Phi) is 2.88. The van der Waals surface area contributed by atoms with Crippen LogP contribution in [0.4, 0.5) is 11.5 Å². The van der Waals surface area contributed by atoms with Gasteiger partial charge in [-0.1, -0.05) is 24.4 Å². The van der Waals surface area contributed by atoms with Crippen LogP contribution in [0.15, 0.2) is 12.1 Å². The topological polar surface area (TPSA) is 64.2 Å². The summed E-state index contributed by atoms with van der Waals surface area (Å²) in [6.07, 6.45) is 0. The van der Waals surface area contributed by atoms with Crippen LogP contribution in [0.2, 0.25) is 5.02 Å². The molecule has 0 unspecified atom stereocenters. The Morgan fingerprint density at radius 3 is 2.76 bits per heavy atom. The van der Waals surface area contributed by atoms with E-state index in [1.807, 2.05) is 0 Å². The molecular formula is C9H9ClN4O2S. The monoisotopic (exact) mass is 272 g/mol. The predicted octanol–water partition coefficient (Wildman–Crippen LogP) is 2.42. The van der Waals surface area contributed by atoms with Crippen molar-refractivity contribution >= 4 is 46.8 Å². The largest absolute Gasteiger partial charge is 0.304 e. The van der Waals surface area contributed by atoms with E-state index < -0.39 is 4.92 Å². The third-order valence-corrected chi connectivity index (χ3v) is 2.91. The molecule has 0 radical (unpaired) electrons. The van der Waals surface area contributed by atoms with Crippen molar-refractivity contribution in [2.75, 3.05) is 11.4 Å². The fraction of sp³-hybridized carbons (Fsp3) is 0.222. The number of halogens is 1. The summed E-state index contributed by atoms with van der Waals surface area (Å²) in [4.78, 5) is 10.5. The van der Waals surface area contributed by atoms with Gasteiger partial charge in [0.15, 0.2) is 5.82 Å². The summed E-state index contributed by atoms with van der Waals surface area (Å²) in [7, 11) is 3.31. The molecule has 0 saturated carbocycles. The van der Waals surface area contributed by atoms with Gasteiger partial charge in [0.05, 0.1) is 15.3 Å². The predicted molar refractivity (Wildman–Crippen MR) is 69.8 cm³/mol. The summed E-state index contributed by atoms with van der Waals surface area (Å²) in [5.74, 6) is 0.486. The normalized spacial score (nSPS) is 10.8. The first-order valence-electron chi connectivity index (χ1n) is 4.65. The number of anilines is 1. The second-order valence-electron chi connectivity index (χ2n) is 3.52. The zero-order valence-electron chi connectivity index (χ0n) is 9.09. The van der Waals surface area contributed by atoms with E-state index in [0.29, 0.717) is 21.7 Å². The van der Waals surface area contributed by atoms with Crippen LogP contribution in [0.5, 0.6) is 0 Å². The summed E-state index contributed by atoms with van der Waals surface area (Å²) in [5.41, 5.74) is 0.360. The highest BCUT2D eigenvalue weighted by Crippen LogP contribution is 2.37. The van der Waals surface area contributed by atoms with Gasteiger partial charge in [-0.3, -0.25) is 14.8 Å². The van der Waals surface area contributed by atoms with Gasteiger partial charge in [-0.15, -0.1) is 0 Å². The van der Waals surface area contributed by atoms with Crippen molar-refractivity contribution in [3.63, 3.8) is 0 Å². The molecule has 0 fully saturated rings. The van der Waals surface area contributed by atoms with E-state index in [0.717, 1.165) is 0 Å². The lowest BCUT2D eigenvalue weighted by Crippen LogP contribution is -2.02. The molecule has 0 aliphatic rings. The van der Waals surface area contributed by atoms with Gasteiger partial charge in [-0.25, -0.2) is 0 Å². The lowest BCUT2D eigenvalue weighted by atomic mass is 10.2. The first-order chi connectivity index (χ1) is 7.93. The molecule has 0 aliphatic carbocycles. The Morgan fingerprint density at radius 2 is 2.24 bits per heavy atom. The van der Waals surface area contributed by atoms with E-state index in [9.17, 15) is 10.1 Å². The van der Waals surface area contributed by atoms with Crippen molar-refractivity contribution in [1.82, 2.24) is 9.78 Å². The molecule has 1 aromatic carbocycles. The van der Waals surface area contributed by atoms with Crippen molar-refractivity contribution in [1.29, 1.82) is 0 Å². The molecule has 0 aliphatic heterocycles. The Labute approximate surface area is 107 Å². The third kappa shape index (κ3) is 1.81. The van der Waals surface area contributed by atoms with E-state index in [1.165, 1.54) is 21.1 Å². The number of nitrogens with zero attached hydrogens (tertiary/aromatic N) is 4. The molecule has 17 heavy (non-hydrogen) atoms. The molecule has 0 saturated heterocycles. The SMILES string of the molecule is CN(S)c1nn(C)c2c([N+](=O)[O-])ccc(Cl)c12. The number of benzene rings is 1. The van der Waals surface area contributed by atoms with Crippen molar-refractivity contribution in [2.45, 2.75) is 0 Å². The van der Waals surface area contributed by atoms with Crippen LogP contribution >= 0.6 is 24.4 Å². The van der Waals surface area contributed by atoms with Crippen LogP contribution in [-0.4, -0.2) is 21.8 Å². The van der Waals surface area contributed by atoms with Crippen LogP contribution in [0.1, 0.15) is 0 Å². The average Bonchev–Trinajstić information content (AvgIpc) is 2.58. The van der Waals surface area contributed by atoms with Gasteiger partial charge in [-0.05, 0) is 6.07 Å². The number of nitro groups is 1. The van der Waals surface area contributed by atoms with E-state index in [2.05, 4.69) is 17.9 Å². The highest BCUT2D eigenvalue weighted by molar-refractivity contribution is 7.81. The molecule has 0 spiro atoms. The molecule has 6 nitrogen and oxygen atoms in total. The first kappa shape index (κ1) is 12.0. The number of nitro benzene ring substituents is 1. The minimum Gasteiger partial charge on any atom is -0.304 e. The van der Waals surface area contributed by atoms with Crippen molar-refractivity contribution < 1.29 is 4.92 Å². The average molecular weight is 273 g/mol. The number of fused-ring (bicyclic) bond motifs is 1. The van der Waals surface area contributed by atoms with Crippen molar-refractivity contribution in [3.05, 3.63) is 27.3 Å². The van der Waals surface area contributed by atoms with Gasteiger partial charge in [0.2, 0.25) is 0 Å². The molecule has 8 heteroatoms. The summed E-state index contributed by atoms with van der Waals surface area (Å²) in [6.45, 7) is 0. The molecule has 0 amide bonds. The quantitative estimate of drug-likeness (QED) is 0.518. The maximum Gasteiger partial charge on any atom is 0.295 e. The maximum absolute atomic E-state index is 10.9. The molecule has 1 aromatic heterocycles. The first-order valence-corrected chi connectivity index (χ1v) is 5.43. The smallest absolute Gasteiger partial charge is 0.295 e. The Morgan fingerprint density at radius 1 is 1.59 bits per heavy atom. The highest BCUT2D eigenvalue weighted by atomic mass is 35.5. The van der Waals surface area contributed by atoms with Crippen molar-refractivity contribution in [2.24, 2.45) is 7.05 Å². The fourth-order valence-corrected chi connectivity index (χ4v) is 2.09. The minimum absolute atomic E-state index is 0.0270. The van der Waals surface area contributed by atoms with Crippen LogP contribution in [0, 0.1) is 10.1 Å². The number of aryl methyl sites for hydroxylation is 1. The number of non-ortho nitro benzene ring substituents is 1. The zero-order valence-corrected chi connectivity index (χ0v) is 10.7. The zero-order chi connectivity index (χ0) is 12.7. The molecule has 0 bridgehead atoms. The van der Waals surface area contributed by atoms with E-state index in [-0.39, 0.29) is 5.69 Å². The number of hydrogen-bond donors (Lipinski definition) is 1. The van der Waals surface area contributed by atoms with Crippen LogP contribution in [0.3, 0.4) is 0 Å². The maximum atomic E-state index is 10.9. The van der Waals surface area contributed by atoms with Crippen molar-refractivity contribution in [3.8, 4) is 0 Å². The van der Waals surface area contributed by atoms with Gasteiger partial charge in [0.25, 0.3) is 5.69 Å². The molecule has 2 aromatic rings. The van der Waals surface area contributed by atoms with Crippen LogP contribution in [-0.2, 0) is 7.05 Å². The summed E-state index contributed by atoms with van der Waals surface area (Å²) in [5, 5.41) is 16.1. The Hall–Kier alpha value is -1.47. The lowest BCUT2D eigenvalue weighted by molar-refractivity contribution is -0.383. The summed E-state index contributed by atoms with van der Waals surface area (Å²) >= 11 is 10.2. The van der Waals surface area contributed by atoms with E-state index >= 15 is 0 Å². The Bertz CT molecular complexity index is 611. The van der Waals surface area contributed by atoms with E-state index in [4.69, 9.17) is 11.6 Å². The second kappa shape index (κ2) is 4.08. The number of thiol groups is 1. The molecule has 2 rings (SSSR count). The molecule has 0 N–H and O–H groups in total. The summed E-state index contributed by atoms with van der Waals surface area (Å²) in [6, 6.07) is 2.86. The van der Waals surface area contributed by atoms with Gasteiger partial charge in [-0.2, -0.15) is 5.10 Å². The van der Waals surface area contributed by atoms with Crippen LogP contribution < -0.4 is 4.31 Å². The van der Waals surface area contributed by atoms with Crippen LogP contribution in [0.25, 0.3) is 10.9 Å². The lowest BCUT2D eigenvalue weighted by Gasteiger charge is -2.06. The van der Waals surface area contributed by atoms with Gasteiger partial charge in [0, 0.05) is 20.2 Å². The molecule has 90 valence electrons. The fourth-order valence-electron chi connectivity index (χ4n) is 1.71. The van der Waals surface area contributed by atoms with E-state index in [1.54, 1.807) is 14.1 Å². The minimum atomic E-state index is -0.456. The molecule has 0 atom stereocenters. The highest BCUT2D eigenvalue weighted by Gasteiger charge is 2.22. The number of aromatic nitrogens is 2. The van der Waals surface area contributed by atoms with Gasteiger partial charge < -0.3 is 4.31 Å². The standard InChI is InChI=1S/C9H9ClN4O2S/c1-12-8-6(14(15)16)4-3-5(10)7(8)9(11-12)13(2)17/h3-4,17H,1-2H3. The Balaban J connectivity index is 2.93. The summed E-state index contributed by atoms with van der Waals surface area (Å²) < 4.78 is 2.90.